The molecule has 0 aliphatic carbocycles. The van der Waals surface area contributed by atoms with Crippen LogP contribution in [0.1, 0.15) is 5.82 Å². The summed E-state index contributed by atoms with van der Waals surface area (Å²) in [5.41, 5.74) is 0. The molecule has 0 radical (unpaired) electrons. The second-order valence-corrected chi connectivity index (χ2v) is 1.89. The number of rotatable bonds is 1. The lowest BCUT2D eigenvalue weighted by molar-refractivity contribution is -0.390. The third-order valence-corrected chi connectivity index (χ3v) is 1.24. The van der Waals surface area contributed by atoms with Gasteiger partial charge in [0.2, 0.25) is 5.82 Å². The SMILES string of the molecule is C#Cn1c([N+](=O)[O-])cnc1C. The van der Waals surface area contributed by atoms with Gasteiger partial charge >= 0.3 is 5.82 Å². The molecule has 1 rings (SSSR count). The van der Waals surface area contributed by atoms with Gasteiger partial charge in [-0.1, -0.05) is 6.42 Å². The zero-order chi connectivity index (χ0) is 8.43. The van der Waals surface area contributed by atoms with E-state index in [1.807, 2.05) is 0 Å². The molecule has 0 saturated carbocycles. The quantitative estimate of drug-likeness (QED) is 0.334. The smallest absolute Gasteiger partial charge is 0.356 e. The lowest BCUT2D eigenvalue weighted by Crippen LogP contribution is -1.98. The molecule has 0 atom stereocenters. The van der Waals surface area contributed by atoms with Gasteiger partial charge in [0.15, 0.2) is 0 Å². The van der Waals surface area contributed by atoms with Gasteiger partial charge in [-0.15, -0.1) is 4.57 Å². The molecule has 5 heteroatoms. The molecule has 56 valence electrons. The van der Waals surface area contributed by atoms with E-state index in [4.69, 9.17) is 6.42 Å². The molecule has 0 saturated heterocycles. The van der Waals surface area contributed by atoms with Crippen molar-refractivity contribution in [3.63, 3.8) is 0 Å². The summed E-state index contributed by atoms with van der Waals surface area (Å²) in [6.45, 7) is 1.60. The Bertz CT molecular complexity index is 334. The normalized spacial score (nSPS) is 9.09. The Kier molecular flexibility index (Phi) is 1.60. The van der Waals surface area contributed by atoms with Gasteiger partial charge in [0.05, 0.1) is 0 Å². The highest BCUT2D eigenvalue weighted by Gasteiger charge is 2.14. The molecule has 1 heterocycles. The Balaban J connectivity index is 3.30. The molecule has 0 amide bonds. The number of imidazole rings is 1. The average Bonchev–Trinajstić information content (AvgIpc) is 2.30. The Morgan fingerprint density at radius 2 is 2.55 bits per heavy atom. The predicted molar refractivity (Wildman–Crippen MR) is 37.8 cm³/mol. The van der Waals surface area contributed by atoms with Crippen LogP contribution in [0.25, 0.3) is 0 Å². The first kappa shape index (κ1) is 7.28. The van der Waals surface area contributed by atoms with Crippen molar-refractivity contribution in [3.05, 3.63) is 22.1 Å². The monoisotopic (exact) mass is 151 g/mol. The first-order valence-corrected chi connectivity index (χ1v) is 2.82. The molecule has 0 N–H and O–H groups in total. The summed E-state index contributed by atoms with van der Waals surface area (Å²) >= 11 is 0. The standard InChI is InChI=1S/C6H5N3O2/c1-3-8-5(2)7-4-6(8)9(10)11/h1,4H,2H3. The van der Waals surface area contributed by atoms with Gasteiger partial charge < -0.3 is 10.1 Å². The van der Waals surface area contributed by atoms with E-state index < -0.39 is 4.92 Å². The van der Waals surface area contributed by atoms with Crippen molar-refractivity contribution in [2.24, 2.45) is 0 Å². The van der Waals surface area contributed by atoms with E-state index in [1.54, 1.807) is 6.92 Å². The third kappa shape index (κ3) is 1.05. The lowest BCUT2D eigenvalue weighted by Gasteiger charge is -1.90. The summed E-state index contributed by atoms with van der Waals surface area (Å²) < 4.78 is 1.08. The van der Waals surface area contributed by atoms with Gasteiger partial charge in [-0.3, -0.25) is 0 Å². The molecule has 0 aromatic carbocycles. The van der Waals surface area contributed by atoms with Crippen LogP contribution in [0.3, 0.4) is 0 Å². The molecule has 0 aliphatic heterocycles. The number of aryl methyl sites for hydroxylation is 1. The maximum absolute atomic E-state index is 10.2. The van der Waals surface area contributed by atoms with E-state index in [-0.39, 0.29) is 5.82 Å². The first-order valence-electron chi connectivity index (χ1n) is 2.82. The molecular formula is C6H5N3O2. The zero-order valence-corrected chi connectivity index (χ0v) is 5.81. The summed E-state index contributed by atoms with van der Waals surface area (Å²) in [5, 5.41) is 10.2. The molecule has 0 fully saturated rings. The highest BCUT2D eigenvalue weighted by atomic mass is 16.6. The van der Waals surface area contributed by atoms with Crippen LogP contribution in [0, 0.1) is 29.5 Å². The van der Waals surface area contributed by atoms with E-state index in [9.17, 15) is 10.1 Å². The average molecular weight is 151 g/mol. The van der Waals surface area contributed by atoms with Gasteiger partial charge in [0.25, 0.3) is 0 Å². The molecule has 0 spiro atoms. The van der Waals surface area contributed by atoms with Crippen molar-refractivity contribution in [2.45, 2.75) is 6.92 Å². The van der Waals surface area contributed by atoms with Crippen LogP contribution in [-0.2, 0) is 0 Å². The Labute approximate surface area is 62.8 Å². The molecule has 0 unspecified atom stereocenters. The fourth-order valence-corrected chi connectivity index (χ4v) is 0.721. The van der Waals surface area contributed by atoms with Gasteiger partial charge in [0.1, 0.15) is 12.2 Å². The highest BCUT2D eigenvalue weighted by Crippen LogP contribution is 2.10. The van der Waals surface area contributed by atoms with E-state index in [1.165, 1.54) is 0 Å². The van der Waals surface area contributed by atoms with Crippen LogP contribution in [0.2, 0.25) is 0 Å². The van der Waals surface area contributed by atoms with E-state index in [2.05, 4.69) is 11.0 Å². The molecule has 0 aliphatic rings. The van der Waals surface area contributed by atoms with Gasteiger partial charge in [-0.2, -0.15) is 0 Å². The van der Waals surface area contributed by atoms with Crippen LogP contribution in [0.4, 0.5) is 5.82 Å². The number of nitro groups is 1. The molecule has 5 nitrogen and oxygen atoms in total. The van der Waals surface area contributed by atoms with Crippen LogP contribution < -0.4 is 0 Å². The summed E-state index contributed by atoms with van der Waals surface area (Å²) in [6, 6.07) is 2.14. The van der Waals surface area contributed by atoms with E-state index >= 15 is 0 Å². The van der Waals surface area contributed by atoms with Crippen molar-refractivity contribution in [1.82, 2.24) is 9.55 Å². The largest absolute Gasteiger partial charge is 0.358 e. The van der Waals surface area contributed by atoms with E-state index in [0.29, 0.717) is 5.82 Å². The summed E-state index contributed by atoms with van der Waals surface area (Å²) in [4.78, 5) is 13.4. The molecule has 1 aromatic rings. The van der Waals surface area contributed by atoms with Crippen molar-refractivity contribution in [1.29, 1.82) is 0 Å². The number of hydrogen-bond acceptors (Lipinski definition) is 3. The fraction of sp³-hybridized carbons (Fsp3) is 0.167. The molecule has 1 aromatic heterocycles. The predicted octanol–water partition coefficient (Wildman–Crippen LogP) is 0.539. The summed E-state index contributed by atoms with van der Waals surface area (Å²) in [6.07, 6.45) is 6.14. The van der Waals surface area contributed by atoms with Gasteiger partial charge in [-0.25, -0.2) is 4.98 Å². The minimum atomic E-state index is -0.570. The Morgan fingerprint density at radius 3 is 2.91 bits per heavy atom. The van der Waals surface area contributed by atoms with Crippen LogP contribution >= 0.6 is 0 Å². The highest BCUT2D eigenvalue weighted by molar-refractivity contribution is 5.24. The lowest BCUT2D eigenvalue weighted by atomic mass is 10.7. The van der Waals surface area contributed by atoms with Gasteiger partial charge in [-0.05, 0) is 4.92 Å². The Morgan fingerprint density at radius 1 is 1.91 bits per heavy atom. The summed E-state index contributed by atoms with van der Waals surface area (Å²) in [5.74, 6) is 0.268. The fourth-order valence-electron chi connectivity index (χ4n) is 0.721. The number of hydrogen-bond donors (Lipinski definition) is 0. The molecular weight excluding hydrogens is 146 g/mol. The van der Waals surface area contributed by atoms with Crippen LogP contribution in [0.15, 0.2) is 6.20 Å². The number of nitrogens with zero attached hydrogens (tertiary/aromatic N) is 3. The third-order valence-electron chi connectivity index (χ3n) is 1.24. The number of aromatic nitrogens is 2. The van der Waals surface area contributed by atoms with Gasteiger partial charge in [0, 0.05) is 6.92 Å². The molecule has 11 heavy (non-hydrogen) atoms. The van der Waals surface area contributed by atoms with Crippen molar-refractivity contribution >= 4 is 5.82 Å². The van der Waals surface area contributed by atoms with Crippen molar-refractivity contribution in [2.75, 3.05) is 0 Å². The van der Waals surface area contributed by atoms with Crippen LogP contribution in [-0.4, -0.2) is 14.5 Å². The second-order valence-electron chi connectivity index (χ2n) is 1.89. The molecule has 0 bridgehead atoms. The maximum atomic E-state index is 10.2. The topological polar surface area (TPSA) is 61.0 Å². The first-order chi connectivity index (χ1) is 5.16. The number of terminal acetylenes is 1. The second kappa shape index (κ2) is 2.42. The van der Waals surface area contributed by atoms with Crippen LogP contribution in [0.5, 0.6) is 0 Å². The Hall–Kier alpha value is -1.83. The minimum absolute atomic E-state index is 0.176. The van der Waals surface area contributed by atoms with Crippen molar-refractivity contribution < 1.29 is 4.92 Å². The van der Waals surface area contributed by atoms with Crippen molar-refractivity contribution in [3.8, 4) is 12.5 Å². The zero-order valence-electron chi connectivity index (χ0n) is 5.81. The maximum Gasteiger partial charge on any atom is 0.356 e. The van der Waals surface area contributed by atoms with E-state index in [0.717, 1.165) is 10.8 Å². The minimum Gasteiger partial charge on any atom is -0.358 e. The summed E-state index contributed by atoms with van der Waals surface area (Å²) in [7, 11) is 0.